The molecule has 0 atom stereocenters. The Morgan fingerprint density at radius 2 is 2.00 bits per heavy atom. The summed E-state index contributed by atoms with van der Waals surface area (Å²) in [5.41, 5.74) is 4.26. The van der Waals surface area contributed by atoms with Crippen molar-refractivity contribution in [1.82, 2.24) is 15.8 Å². The van der Waals surface area contributed by atoms with Crippen molar-refractivity contribution < 1.29 is 4.79 Å². The van der Waals surface area contributed by atoms with Crippen molar-refractivity contribution in [3.63, 3.8) is 0 Å². The first-order chi connectivity index (χ1) is 7.56. The van der Waals surface area contributed by atoms with Crippen LogP contribution in [0.2, 0.25) is 0 Å². The highest BCUT2D eigenvalue weighted by Gasteiger charge is 2.11. The van der Waals surface area contributed by atoms with Gasteiger partial charge in [-0.25, -0.2) is 0 Å². The fourth-order valence-electron chi connectivity index (χ4n) is 1.26. The van der Waals surface area contributed by atoms with Gasteiger partial charge in [0, 0.05) is 19.7 Å². The van der Waals surface area contributed by atoms with Crippen LogP contribution in [-0.4, -0.2) is 30.1 Å². The molecule has 2 N–H and O–H groups in total. The molecule has 0 unspecified atom stereocenters. The largest absolute Gasteiger partial charge is 0.364 e. The van der Waals surface area contributed by atoms with Gasteiger partial charge in [-0.15, -0.1) is 0 Å². The molecule has 86 valence electrons. The molecular formula is C11H15N3OS. The molecule has 0 aliphatic carbocycles. The normalized spacial score (nSPS) is 9.44. The first-order valence-corrected chi connectivity index (χ1v) is 5.29. The molecule has 0 saturated heterocycles. The number of nitrogens with one attached hydrogen (secondary N) is 2. The van der Waals surface area contributed by atoms with Crippen molar-refractivity contribution in [1.29, 1.82) is 0 Å². The highest BCUT2D eigenvalue weighted by Crippen LogP contribution is 2.06. The van der Waals surface area contributed by atoms with Gasteiger partial charge in [0.15, 0.2) is 5.11 Å². The lowest BCUT2D eigenvalue weighted by Crippen LogP contribution is -2.47. The van der Waals surface area contributed by atoms with Crippen LogP contribution in [-0.2, 0) is 0 Å². The summed E-state index contributed by atoms with van der Waals surface area (Å²) in [6.07, 6.45) is 0. The molecule has 5 heteroatoms. The second-order valence-electron chi connectivity index (χ2n) is 3.37. The van der Waals surface area contributed by atoms with Crippen molar-refractivity contribution in [2.75, 3.05) is 14.1 Å². The average Bonchev–Trinajstić information content (AvgIpc) is 2.28. The molecular weight excluding hydrogens is 222 g/mol. The number of amides is 1. The predicted molar refractivity (Wildman–Crippen MR) is 68.1 cm³/mol. The number of nitrogens with zero attached hydrogens (tertiary/aromatic N) is 1. The van der Waals surface area contributed by atoms with Crippen LogP contribution in [0.3, 0.4) is 0 Å². The molecule has 1 amide bonds. The van der Waals surface area contributed by atoms with Gasteiger partial charge in [0.1, 0.15) is 0 Å². The minimum atomic E-state index is -0.168. The Kier molecular flexibility index (Phi) is 4.25. The van der Waals surface area contributed by atoms with Crippen LogP contribution in [0.25, 0.3) is 0 Å². The summed E-state index contributed by atoms with van der Waals surface area (Å²) in [6.45, 7) is 1.89. The fourth-order valence-corrected chi connectivity index (χ4v) is 1.30. The lowest BCUT2D eigenvalue weighted by molar-refractivity contribution is 0.0886. The number of benzene rings is 1. The van der Waals surface area contributed by atoms with Crippen molar-refractivity contribution in [2.45, 2.75) is 6.92 Å². The summed E-state index contributed by atoms with van der Waals surface area (Å²) in [6, 6.07) is 7.40. The first kappa shape index (κ1) is 12.4. The second-order valence-corrected chi connectivity index (χ2v) is 3.76. The molecule has 0 radical (unpaired) electrons. The highest BCUT2D eigenvalue weighted by atomic mass is 32.1. The van der Waals surface area contributed by atoms with Crippen molar-refractivity contribution in [2.24, 2.45) is 0 Å². The third-order valence-corrected chi connectivity index (χ3v) is 2.66. The summed E-state index contributed by atoms with van der Waals surface area (Å²) in [5.74, 6) is -0.168. The maximum absolute atomic E-state index is 11.9. The molecule has 0 spiro atoms. The van der Waals surface area contributed by atoms with E-state index in [1.165, 1.54) is 5.01 Å². The zero-order valence-electron chi connectivity index (χ0n) is 9.57. The van der Waals surface area contributed by atoms with E-state index in [2.05, 4.69) is 10.7 Å². The van der Waals surface area contributed by atoms with Gasteiger partial charge in [0.25, 0.3) is 5.91 Å². The van der Waals surface area contributed by atoms with E-state index in [-0.39, 0.29) is 5.91 Å². The highest BCUT2D eigenvalue weighted by molar-refractivity contribution is 7.80. The number of carbonyl (C=O) groups is 1. The van der Waals surface area contributed by atoms with E-state index in [0.717, 1.165) is 5.56 Å². The van der Waals surface area contributed by atoms with Crippen LogP contribution in [0.1, 0.15) is 15.9 Å². The Morgan fingerprint density at radius 1 is 1.38 bits per heavy atom. The molecule has 4 nitrogen and oxygen atoms in total. The van der Waals surface area contributed by atoms with Crippen molar-refractivity contribution >= 4 is 23.2 Å². The molecule has 0 fully saturated rings. The number of hydrogen-bond acceptors (Lipinski definition) is 2. The molecule has 1 rings (SSSR count). The zero-order valence-corrected chi connectivity index (χ0v) is 10.4. The monoisotopic (exact) mass is 237 g/mol. The third kappa shape index (κ3) is 2.93. The molecule has 0 bridgehead atoms. The molecule has 1 aromatic rings. The SMILES string of the molecule is CNC(=S)N(C)NC(=O)c1ccccc1C. The lowest BCUT2D eigenvalue weighted by atomic mass is 10.1. The molecule has 0 aliphatic rings. The van der Waals surface area contributed by atoms with Crippen molar-refractivity contribution in [3.05, 3.63) is 35.4 Å². The van der Waals surface area contributed by atoms with Gasteiger partial charge in [-0.3, -0.25) is 15.2 Å². The van der Waals surface area contributed by atoms with Gasteiger partial charge in [-0.05, 0) is 30.8 Å². The number of rotatable bonds is 1. The quantitative estimate of drug-likeness (QED) is 0.566. The molecule has 0 saturated carbocycles. The molecule has 0 aliphatic heterocycles. The predicted octanol–water partition coefficient (Wildman–Crippen LogP) is 1.08. The summed E-state index contributed by atoms with van der Waals surface area (Å²) in [7, 11) is 3.40. The summed E-state index contributed by atoms with van der Waals surface area (Å²) >= 11 is 4.98. The summed E-state index contributed by atoms with van der Waals surface area (Å²) < 4.78 is 0. The summed E-state index contributed by atoms with van der Waals surface area (Å²) in [4.78, 5) is 11.9. The smallest absolute Gasteiger partial charge is 0.270 e. The van der Waals surface area contributed by atoms with E-state index in [9.17, 15) is 4.79 Å². The number of hydrazine groups is 1. The van der Waals surface area contributed by atoms with E-state index in [0.29, 0.717) is 10.7 Å². The van der Waals surface area contributed by atoms with Crippen molar-refractivity contribution in [3.8, 4) is 0 Å². The number of aryl methyl sites for hydroxylation is 1. The van der Waals surface area contributed by atoms with E-state index in [4.69, 9.17) is 12.2 Å². The maximum Gasteiger partial charge on any atom is 0.270 e. The molecule has 0 heterocycles. The van der Waals surface area contributed by atoms with Crippen LogP contribution in [0.5, 0.6) is 0 Å². The minimum Gasteiger partial charge on any atom is -0.364 e. The van der Waals surface area contributed by atoms with Crippen LogP contribution in [0.15, 0.2) is 24.3 Å². The number of carbonyl (C=O) groups excluding carboxylic acids is 1. The summed E-state index contributed by atoms with van der Waals surface area (Å²) in [5, 5.41) is 4.72. The Balaban J connectivity index is 2.73. The maximum atomic E-state index is 11.9. The van der Waals surface area contributed by atoms with Gasteiger partial charge >= 0.3 is 0 Å². The van der Waals surface area contributed by atoms with Gasteiger partial charge in [-0.1, -0.05) is 18.2 Å². The molecule has 1 aromatic carbocycles. The molecule has 0 aromatic heterocycles. The number of thiocarbonyl (C=S) groups is 1. The fraction of sp³-hybridized carbons (Fsp3) is 0.273. The third-order valence-electron chi connectivity index (χ3n) is 2.18. The number of hydrogen-bond donors (Lipinski definition) is 2. The Hall–Kier alpha value is -1.62. The minimum absolute atomic E-state index is 0.168. The Bertz CT molecular complexity index is 406. The van der Waals surface area contributed by atoms with Crippen LogP contribution >= 0.6 is 12.2 Å². The molecule has 16 heavy (non-hydrogen) atoms. The van der Waals surface area contributed by atoms with E-state index in [1.54, 1.807) is 20.2 Å². The Morgan fingerprint density at radius 3 is 2.56 bits per heavy atom. The van der Waals surface area contributed by atoms with E-state index >= 15 is 0 Å². The second kappa shape index (κ2) is 5.46. The lowest BCUT2D eigenvalue weighted by Gasteiger charge is -2.20. The van der Waals surface area contributed by atoms with Gasteiger partial charge in [0.2, 0.25) is 0 Å². The van der Waals surface area contributed by atoms with Crippen LogP contribution < -0.4 is 10.7 Å². The Labute approximate surface area is 101 Å². The first-order valence-electron chi connectivity index (χ1n) is 4.88. The van der Waals surface area contributed by atoms with E-state index < -0.39 is 0 Å². The zero-order chi connectivity index (χ0) is 12.1. The van der Waals surface area contributed by atoms with Gasteiger partial charge in [0.05, 0.1) is 0 Å². The standard InChI is InChI=1S/C11H15N3OS/c1-8-6-4-5-7-9(8)10(15)13-14(3)11(16)12-2/h4-7H,1-3H3,(H,12,16)(H,13,15). The van der Waals surface area contributed by atoms with Crippen LogP contribution in [0, 0.1) is 6.92 Å². The topological polar surface area (TPSA) is 44.4 Å². The van der Waals surface area contributed by atoms with E-state index in [1.807, 2.05) is 25.1 Å². The average molecular weight is 237 g/mol. The van der Waals surface area contributed by atoms with Crippen LogP contribution in [0.4, 0.5) is 0 Å². The van der Waals surface area contributed by atoms with Gasteiger partial charge in [-0.2, -0.15) is 0 Å². The van der Waals surface area contributed by atoms with Gasteiger partial charge < -0.3 is 5.32 Å².